The number of urea groups is 1. The molecule has 0 radical (unpaired) electrons. The smallest absolute Gasteiger partial charge is 0.323 e. The molecule has 1 atom stereocenters. The molecule has 0 aliphatic carbocycles. The number of nitrogens with one attached hydrogen (secondary N) is 2. The maximum absolute atomic E-state index is 11.8. The lowest BCUT2D eigenvalue weighted by Gasteiger charge is -2.21. The van der Waals surface area contributed by atoms with Crippen molar-refractivity contribution in [1.82, 2.24) is 15.5 Å². The fourth-order valence-electron chi connectivity index (χ4n) is 1.68. The van der Waals surface area contributed by atoms with Gasteiger partial charge in [-0.2, -0.15) is 0 Å². The molecule has 1 heterocycles. The van der Waals surface area contributed by atoms with Crippen molar-refractivity contribution in [1.29, 1.82) is 0 Å². The number of carbonyl (C=O) groups is 3. The lowest BCUT2D eigenvalue weighted by molar-refractivity contribution is -0.135. The first kappa shape index (κ1) is 13.3. The minimum atomic E-state index is -1.13. The molecule has 0 aromatic heterocycles. The van der Waals surface area contributed by atoms with Gasteiger partial charge in [-0.15, -0.1) is 0 Å². The summed E-state index contributed by atoms with van der Waals surface area (Å²) in [6, 6.07) is -1.28. The van der Waals surface area contributed by atoms with Crippen molar-refractivity contribution in [3.8, 4) is 0 Å². The molecule has 1 saturated heterocycles. The van der Waals surface area contributed by atoms with Crippen LogP contribution in [0.2, 0.25) is 0 Å². The summed E-state index contributed by atoms with van der Waals surface area (Å²) in [6.45, 7) is 2.57. The molecule has 0 bridgehead atoms. The van der Waals surface area contributed by atoms with Crippen LogP contribution in [0.1, 0.15) is 19.8 Å². The van der Waals surface area contributed by atoms with Gasteiger partial charge in [-0.25, -0.2) is 4.79 Å². The molecule has 1 aliphatic rings. The summed E-state index contributed by atoms with van der Waals surface area (Å²) in [7, 11) is 0. The fraction of sp³-hybridized carbons (Fsp3) is 0.700. The molecule has 17 heavy (non-hydrogen) atoms. The number of likely N-dealkylation sites (tertiary alicyclic amines) is 1. The first-order valence-electron chi connectivity index (χ1n) is 5.55. The quantitative estimate of drug-likeness (QED) is 0.613. The molecule has 3 amide bonds. The van der Waals surface area contributed by atoms with Gasteiger partial charge in [0, 0.05) is 13.1 Å². The summed E-state index contributed by atoms with van der Waals surface area (Å²) >= 11 is 0. The van der Waals surface area contributed by atoms with Gasteiger partial charge in [-0.05, 0) is 19.8 Å². The molecule has 7 heteroatoms. The number of aliphatic carboxylic acids is 1. The lowest BCUT2D eigenvalue weighted by atomic mass is 10.3. The standard InChI is InChI=1S/C10H17N3O4/c1-7(9(16)13-4-2-3-5-13)12-10(17)11-6-8(14)15/h7H,2-6H2,1H3,(H,14,15)(H2,11,12,17). The van der Waals surface area contributed by atoms with E-state index in [0.717, 1.165) is 25.9 Å². The Morgan fingerprint density at radius 3 is 2.41 bits per heavy atom. The van der Waals surface area contributed by atoms with Gasteiger partial charge in [-0.1, -0.05) is 0 Å². The Bertz CT molecular complexity index is 313. The molecule has 0 spiro atoms. The largest absolute Gasteiger partial charge is 0.480 e. The van der Waals surface area contributed by atoms with Crippen LogP contribution in [0.15, 0.2) is 0 Å². The second-order valence-corrected chi connectivity index (χ2v) is 3.97. The summed E-state index contributed by atoms with van der Waals surface area (Å²) in [5, 5.41) is 12.9. The van der Waals surface area contributed by atoms with Crippen molar-refractivity contribution in [2.24, 2.45) is 0 Å². The van der Waals surface area contributed by atoms with Crippen molar-refractivity contribution in [2.75, 3.05) is 19.6 Å². The van der Waals surface area contributed by atoms with Gasteiger partial charge < -0.3 is 20.6 Å². The van der Waals surface area contributed by atoms with Crippen molar-refractivity contribution >= 4 is 17.9 Å². The molecule has 3 N–H and O–H groups in total. The van der Waals surface area contributed by atoms with Gasteiger partial charge in [-0.3, -0.25) is 9.59 Å². The topological polar surface area (TPSA) is 98.7 Å². The Labute approximate surface area is 99.2 Å². The van der Waals surface area contributed by atoms with Crippen LogP contribution in [-0.4, -0.2) is 53.6 Å². The van der Waals surface area contributed by atoms with Crippen molar-refractivity contribution in [3.05, 3.63) is 0 Å². The number of carboxylic acid groups (broad SMARTS) is 1. The second-order valence-electron chi connectivity index (χ2n) is 3.97. The lowest BCUT2D eigenvalue weighted by Crippen LogP contribution is -2.49. The zero-order valence-corrected chi connectivity index (χ0v) is 9.73. The van der Waals surface area contributed by atoms with E-state index in [2.05, 4.69) is 10.6 Å². The van der Waals surface area contributed by atoms with Gasteiger partial charge in [0.1, 0.15) is 12.6 Å². The summed E-state index contributed by atoms with van der Waals surface area (Å²) in [5.41, 5.74) is 0. The number of carbonyl (C=O) groups excluding carboxylic acids is 2. The summed E-state index contributed by atoms with van der Waals surface area (Å²) in [4.78, 5) is 34.9. The Balaban J connectivity index is 2.32. The first-order chi connectivity index (χ1) is 8.00. The Kier molecular flexibility index (Phi) is 4.74. The third kappa shape index (κ3) is 4.29. The van der Waals surface area contributed by atoms with E-state index in [1.807, 2.05) is 0 Å². The van der Waals surface area contributed by atoms with E-state index in [4.69, 9.17) is 5.11 Å². The molecule has 0 aromatic carbocycles. The highest BCUT2D eigenvalue weighted by molar-refractivity contribution is 5.87. The number of hydrogen-bond donors (Lipinski definition) is 3. The maximum Gasteiger partial charge on any atom is 0.323 e. The third-order valence-electron chi connectivity index (χ3n) is 2.54. The zero-order chi connectivity index (χ0) is 12.8. The van der Waals surface area contributed by atoms with Gasteiger partial charge in [0.05, 0.1) is 0 Å². The fourth-order valence-corrected chi connectivity index (χ4v) is 1.68. The third-order valence-corrected chi connectivity index (χ3v) is 2.54. The molecular weight excluding hydrogens is 226 g/mol. The second kappa shape index (κ2) is 6.07. The number of nitrogens with zero attached hydrogens (tertiary/aromatic N) is 1. The summed E-state index contributed by atoms with van der Waals surface area (Å²) in [6.07, 6.45) is 1.98. The van der Waals surface area contributed by atoms with Crippen molar-refractivity contribution < 1.29 is 19.5 Å². The molecule has 1 rings (SSSR count). The SMILES string of the molecule is CC(NC(=O)NCC(=O)O)C(=O)N1CCCC1. The van der Waals surface area contributed by atoms with E-state index in [-0.39, 0.29) is 5.91 Å². The number of hydrogen-bond acceptors (Lipinski definition) is 3. The van der Waals surface area contributed by atoms with Crippen LogP contribution >= 0.6 is 0 Å². The van der Waals surface area contributed by atoms with Crippen LogP contribution in [0, 0.1) is 0 Å². The number of rotatable bonds is 4. The minimum Gasteiger partial charge on any atom is -0.480 e. The average molecular weight is 243 g/mol. The van der Waals surface area contributed by atoms with Crippen LogP contribution in [0.4, 0.5) is 4.79 Å². The molecular formula is C10H17N3O4. The van der Waals surface area contributed by atoms with Gasteiger partial charge in [0.25, 0.3) is 0 Å². The van der Waals surface area contributed by atoms with Gasteiger partial charge >= 0.3 is 12.0 Å². The van der Waals surface area contributed by atoms with E-state index in [1.165, 1.54) is 0 Å². The van der Waals surface area contributed by atoms with E-state index in [1.54, 1.807) is 11.8 Å². The first-order valence-corrected chi connectivity index (χ1v) is 5.55. The normalized spacial score (nSPS) is 16.4. The van der Waals surface area contributed by atoms with Crippen LogP contribution in [0.5, 0.6) is 0 Å². The Hall–Kier alpha value is -1.79. The van der Waals surface area contributed by atoms with Crippen LogP contribution in [0.25, 0.3) is 0 Å². The van der Waals surface area contributed by atoms with Gasteiger partial charge in [0.15, 0.2) is 0 Å². The van der Waals surface area contributed by atoms with Crippen LogP contribution in [-0.2, 0) is 9.59 Å². The molecule has 7 nitrogen and oxygen atoms in total. The molecule has 1 unspecified atom stereocenters. The predicted octanol–water partition coefficient (Wildman–Crippen LogP) is -0.619. The highest BCUT2D eigenvalue weighted by Gasteiger charge is 2.24. The molecule has 96 valence electrons. The van der Waals surface area contributed by atoms with Gasteiger partial charge in [0.2, 0.25) is 5.91 Å². The molecule has 1 aliphatic heterocycles. The molecule has 0 saturated carbocycles. The van der Waals surface area contributed by atoms with Crippen molar-refractivity contribution in [2.45, 2.75) is 25.8 Å². The van der Waals surface area contributed by atoms with E-state index in [9.17, 15) is 14.4 Å². The Morgan fingerprint density at radius 1 is 1.29 bits per heavy atom. The molecule has 1 fully saturated rings. The van der Waals surface area contributed by atoms with E-state index >= 15 is 0 Å². The number of carboxylic acids is 1. The van der Waals surface area contributed by atoms with E-state index in [0.29, 0.717) is 0 Å². The summed E-state index contributed by atoms with van der Waals surface area (Å²) in [5.74, 6) is -1.26. The zero-order valence-electron chi connectivity index (χ0n) is 9.73. The summed E-state index contributed by atoms with van der Waals surface area (Å²) < 4.78 is 0. The Morgan fingerprint density at radius 2 is 1.88 bits per heavy atom. The van der Waals surface area contributed by atoms with Crippen LogP contribution in [0.3, 0.4) is 0 Å². The predicted molar refractivity (Wildman–Crippen MR) is 59.4 cm³/mol. The van der Waals surface area contributed by atoms with Crippen molar-refractivity contribution in [3.63, 3.8) is 0 Å². The average Bonchev–Trinajstić information content (AvgIpc) is 2.78. The number of amides is 3. The maximum atomic E-state index is 11.8. The van der Waals surface area contributed by atoms with E-state index < -0.39 is 24.6 Å². The molecule has 0 aromatic rings. The minimum absolute atomic E-state index is 0.132. The van der Waals surface area contributed by atoms with Crippen LogP contribution < -0.4 is 10.6 Å². The monoisotopic (exact) mass is 243 g/mol. The highest BCUT2D eigenvalue weighted by Crippen LogP contribution is 2.08. The highest BCUT2D eigenvalue weighted by atomic mass is 16.4.